The molecule has 0 heteroatoms. The Morgan fingerprint density at radius 1 is 0.909 bits per heavy atom. The Kier molecular flexibility index (Phi) is 6.32. The Bertz CT molecular complexity index is 852. The molecule has 0 spiro atoms. The molecule has 4 aliphatic carbocycles. The standard InChI is InChI=1S/C33H52/c1-8-25-12-13-28-26(20-25)16-18-33(7)30(28)17-19-32(6)29(14-15-31(32)33)24(5)23(4)27-11-9-10-21(2)22(27)3/h9-11,23-26,28-31H,8,12-20H2,1-7H3. The molecule has 4 saturated carbocycles. The van der Waals surface area contributed by atoms with Crippen LogP contribution < -0.4 is 0 Å². The molecule has 0 heterocycles. The van der Waals surface area contributed by atoms with Gasteiger partial charge >= 0.3 is 0 Å². The first-order valence-electron chi connectivity index (χ1n) is 14.8. The van der Waals surface area contributed by atoms with Gasteiger partial charge in [0.15, 0.2) is 0 Å². The second kappa shape index (κ2) is 8.71. The average molecular weight is 449 g/mol. The van der Waals surface area contributed by atoms with Crippen LogP contribution in [0.3, 0.4) is 0 Å². The van der Waals surface area contributed by atoms with Gasteiger partial charge in [-0.1, -0.05) is 65.7 Å². The zero-order valence-corrected chi connectivity index (χ0v) is 22.9. The predicted molar refractivity (Wildman–Crippen MR) is 142 cm³/mol. The van der Waals surface area contributed by atoms with Crippen molar-refractivity contribution in [2.24, 2.45) is 52.3 Å². The van der Waals surface area contributed by atoms with Crippen molar-refractivity contribution in [1.29, 1.82) is 0 Å². The molecule has 0 aliphatic heterocycles. The van der Waals surface area contributed by atoms with E-state index in [1.54, 1.807) is 24.8 Å². The van der Waals surface area contributed by atoms with Crippen LogP contribution in [-0.2, 0) is 0 Å². The lowest BCUT2D eigenvalue weighted by atomic mass is 9.42. The van der Waals surface area contributed by atoms with Crippen LogP contribution in [0, 0.1) is 66.1 Å². The van der Waals surface area contributed by atoms with E-state index in [-0.39, 0.29) is 0 Å². The van der Waals surface area contributed by atoms with Crippen LogP contribution in [0.25, 0.3) is 0 Å². The Balaban J connectivity index is 1.37. The van der Waals surface area contributed by atoms with Gasteiger partial charge in [0.25, 0.3) is 0 Å². The summed E-state index contributed by atoms with van der Waals surface area (Å²) < 4.78 is 0. The maximum absolute atomic E-state index is 2.78. The fourth-order valence-electron chi connectivity index (χ4n) is 10.7. The third-order valence-corrected chi connectivity index (χ3v) is 12.9. The maximum Gasteiger partial charge on any atom is -0.0159 e. The lowest BCUT2D eigenvalue weighted by molar-refractivity contribution is -0.133. The minimum Gasteiger partial charge on any atom is -0.0651 e. The Morgan fingerprint density at radius 3 is 2.42 bits per heavy atom. The third-order valence-electron chi connectivity index (χ3n) is 12.9. The fraction of sp³-hybridized carbons (Fsp3) is 0.818. The number of rotatable bonds is 4. The molecule has 10 unspecified atom stereocenters. The summed E-state index contributed by atoms with van der Waals surface area (Å²) in [6.07, 6.45) is 15.2. The first kappa shape index (κ1) is 23.9. The molecule has 0 nitrogen and oxygen atoms in total. The van der Waals surface area contributed by atoms with Crippen molar-refractivity contribution in [3.63, 3.8) is 0 Å². The van der Waals surface area contributed by atoms with Gasteiger partial charge in [0.2, 0.25) is 0 Å². The SMILES string of the molecule is CCC1CCC2C(CCC3(C)C2CCC2(C)C(C(C)C(C)c4cccc(C)c4C)CCC23)C1. The fourth-order valence-corrected chi connectivity index (χ4v) is 10.7. The maximum atomic E-state index is 2.78. The van der Waals surface area contributed by atoms with Crippen molar-refractivity contribution in [3.8, 4) is 0 Å². The topological polar surface area (TPSA) is 0 Å². The van der Waals surface area contributed by atoms with E-state index in [1.807, 2.05) is 0 Å². The number of hydrogen-bond acceptors (Lipinski definition) is 0. The number of fused-ring (bicyclic) bond motifs is 5. The Hall–Kier alpha value is -0.780. The second-order valence-electron chi connectivity index (χ2n) is 13.9. The van der Waals surface area contributed by atoms with Gasteiger partial charge < -0.3 is 0 Å². The summed E-state index contributed by atoms with van der Waals surface area (Å²) in [7, 11) is 0. The van der Waals surface area contributed by atoms with Gasteiger partial charge in [0.05, 0.1) is 0 Å². The predicted octanol–water partition coefficient (Wildman–Crippen LogP) is 9.73. The molecule has 0 N–H and O–H groups in total. The number of aryl methyl sites for hydroxylation is 1. The second-order valence-corrected chi connectivity index (χ2v) is 13.9. The van der Waals surface area contributed by atoms with Crippen molar-refractivity contribution >= 4 is 0 Å². The summed E-state index contributed by atoms with van der Waals surface area (Å²) in [6.45, 7) is 17.8. The first-order chi connectivity index (χ1) is 15.7. The summed E-state index contributed by atoms with van der Waals surface area (Å²) >= 11 is 0. The van der Waals surface area contributed by atoms with Gasteiger partial charge in [0, 0.05) is 0 Å². The van der Waals surface area contributed by atoms with Crippen molar-refractivity contribution < 1.29 is 0 Å². The molecule has 0 radical (unpaired) electrons. The van der Waals surface area contributed by atoms with Gasteiger partial charge in [-0.25, -0.2) is 0 Å². The third kappa shape index (κ3) is 3.67. The molecule has 1 aromatic rings. The van der Waals surface area contributed by atoms with Gasteiger partial charge in [-0.05, 0) is 140 Å². The largest absolute Gasteiger partial charge is 0.0651 e. The Labute approximate surface area is 205 Å². The van der Waals surface area contributed by atoms with Crippen LogP contribution in [0.4, 0.5) is 0 Å². The number of benzene rings is 1. The van der Waals surface area contributed by atoms with Crippen LogP contribution in [0.15, 0.2) is 18.2 Å². The molecule has 4 fully saturated rings. The molecule has 0 saturated heterocycles. The smallest absolute Gasteiger partial charge is 0.0159 e. The van der Waals surface area contributed by atoms with Gasteiger partial charge in [-0.3, -0.25) is 0 Å². The first-order valence-corrected chi connectivity index (χ1v) is 14.8. The molecule has 33 heavy (non-hydrogen) atoms. The van der Waals surface area contributed by atoms with Crippen molar-refractivity contribution in [2.75, 3.05) is 0 Å². The molecule has 10 atom stereocenters. The molecule has 0 bridgehead atoms. The van der Waals surface area contributed by atoms with Crippen LogP contribution in [0.1, 0.15) is 121 Å². The van der Waals surface area contributed by atoms with E-state index in [4.69, 9.17) is 0 Å². The van der Waals surface area contributed by atoms with E-state index in [9.17, 15) is 0 Å². The quantitative estimate of drug-likeness (QED) is 0.430. The molecule has 5 rings (SSSR count). The van der Waals surface area contributed by atoms with E-state index in [1.165, 1.54) is 56.1 Å². The summed E-state index contributed by atoms with van der Waals surface area (Å²) in [5, 5.41) is 0. The summed E-state index contributed by atoms with van der Waals surface area (Å²) in [5.41, 5.74) is 5.79. The lowest BCUT2D eigenvalue weighted by Crippen LogP contribution is -2.55. The zero-order valence-electron chi connectivity index (χ0n) is 22.9. The summed E-state index contributed by atoms with van der Waals surface area (Å²) in [5.74, 6) is 7.47. The highest BCUT2D eigenvalue weighted by atomic mass is 14.7. The molecule has 0 aromatic heterocycles. The van der Waals surface area contributed by atoms with E-state index >= 15 is 0 Å². The Morgan fingerprint density at radius 2 is 1.67 bits per heavy atom. The summed E-state index contributed by atoms with van der Waals surface area (Å²) in [4.78, 5) is 0. The normalized spacial score (nSPS) is 44.5. The molecule has 4 aliphatic rings. The number of hydrogen-bond donors (Lipinski definition) is 0. The highest BCUT2D eigenvalue weighted by Crippen LogP contribution is 2.71. The van der Waals surface area contributed by atoms with Crippen LogP contribution in [0.5, 0.6) is 0 Å². The minimum atomic E-state index is 0.560. The van der Waals surface area contributed by atoms with Crippen molar-refractivity contribution in [2.45, 2.75) is 119 Å². The van der Waals surface area contributed by atoms with E-state index < -0.39 is 0 Å². The van der Waals surface area contributed by atoms with Gasteiger partial charge in [-0.15, -0.1) is 0 Å². The lowest BCUT2D eigenvalue weighted by Gasteiger charge is -2.62. The van der Waals surface area contributed by atoms with Gasteiger partial charge in [0.1, 0.15) is 0 Å². The molecule has 1 aromatic carbocycles. The molecular weight excluding hydrogens is 396 g/mol. The van der Waals surface area contributed by atoms with E-state index in [2.05, 4.69) is 66.7 Å². The van der Waals surface area contributed by atoms with E-state index in [0.29, 0.717) is 16.7 Å². The molecular formula is C33H52. The monoisotopic (exact) mass is 448 g/mol. The molecule has 184 valence electrons. The van der Waals surface area contributed by atoms with Gasteiger partial charge in [-0.2, -0.15) is 0 Å². The van der Waals surface area contributed by atoms with Crippen molar-refractivity contribution in [3.05, 3.63) is 34.9 Å². The van der Waals surface area contributed by atoms with Crippen molar-refractivity contribution in [1.82, 2.24) is 0 Å². The summed E-state index contributed by atoms with van der Waals surface area (Å²) in [6, 6.07) is 7.00. The van der Waals surface area contributed by atoms with Crippen LogP contribution in [-0.4, -0.2) is 0 Å². The zero-order chi connectivity index (χ0) is 23.5. The van der Waals surface area contributed by atoms with Crippen LogP contribution >= 0.6 is 0 Å². The average Bonchev–Trinajstić information content (AvgIpc) is 3.17. The highest BCUT2D eigenvalue weighted by molar-refractivity contribution is 5.36. The minimum absolute atomic E-state index is 0.560. The molecule has 0 amide bonds. The highest BCUT2D eigenvalue weighted by Gasteiger charge is 2.62. The van der Waals surface area contributed by atoms with Crippen LogP contribution in [0.2, 0.25) is 0 Å². The van der Waals surface area contributed by atoms with E-state index in [0.717, 1.165) is 41.4 Å².